The number of pyridine rings is 1. The van der Waals surface area contributed by atoms with E-state index in [9.17, 15) is 0 Å². The smallest absolute Gasteiger partial charge is 0.138 e. The van der Waals surface area contributed by atoms with Crippen molar-refractivity contribution >= 4 is 11.8 Å². The summed E-state index contributed by atoms with van der Waals surface area (Å²) in [5.74, 6) is 2.05. The minimum atomic E-state index is 0.373. The molecule has 3 heterocycles. The van der Waals surface area contributed by atoms with Crippen LogP contribution in [-0.4, -0.2) is 45.6 Å². The fraction of sp³-hybridized carbons (Fsp3) is 0.667. The van der Waals surface area contributed by atoms with Crippen LogP contribution in [0.15, 0.2) is 24.5 Å². The minimum Gasteiger partial charge on any atom is -0.488 e. The van der Waals surface area contributed by atoms with Gasteiger partial charge in [-0.2, -0.15) is 0 Å². The lowest BCUT2D eigenvalue weighted by atomic mass is 9.84. The van der Waals surface area contributed by atoms with Gasteiger partial charge < -0.3 is 4.74 Å². The van der Waals surface area contributed by atoms with Gasteiger partial charge in [0.15, 0.2) is 0 Å². The molecule has 1 aromatic rings. The maximum Gasteiger partial charge on any atom is 0.138 e. The van der Waals surface area contributed by atoms with Crippen LogP contribution in [0.2, 0.25) is 0 Å². The number of thioether (sulfide) groups is 1. The summed E-state index contributed by atoms with van der Waals surface area (Å²) in [5, 5.41) is 0. The minimum absolute atomic E-state index is 0.373. The van der Waals surface area contributed by atoms with Gasteiger partial charge >= 0.3 is 0 Å². The highest BCUT2D eigenvalue weighted by Crippen LogP contribution is 2.48. The van der Waals surface area contributed by atoms with Crippen LogP contribution in [0.1, 0.15) is 25.7 Å². The molecule has 1 aliphatic carbocycles. The van der Waals surface area contributed by atoms with Crippen molar-refractivity contribution in [2.45, 2.75) is 42.6 Å². The standard InChI is InChI=1S/C15H20N2OS/c1-3-12(4-1)17-10-15(11-17)7-14(9-19-15)18-13-5-2-6-16-8-13/h2,5-6,8,12,14H,1,3-4,7,9-11H2/t14-/m0/s1. The highest BCUT2D eigenvalue weighted by molar-refractivity contribution is 8.01. The summed E-state index contributed by atoms with van der Waals surface area (Å²) in [6.07, 6.45) is 9.48. The first-order valence-corrected chi connectivity index (χ1v) is 8.26. The molecule has 0 unspecified atom stereocenters. The van der Waals surface area contributed by atoms with Crippen molar-refractivity contribution in [2.24, 2.45) is 0 Å². The summed E-state index contributed by atoms with van der Waals surface area (Å²) in [4.78, 5) is 6.79. The molecule has 0 radical (unpaired) electrons. The summed E-state index contributed by atoms with van der Waals surface area (Å²) in [6.45, 7) is 2.57. The highest BCUT2D eigenvalue weighted by Gasteiger charge is 2.51. The first kappa shape index (κ1) is 12.0. The van der Waals surface area contributed by atoms with Crippen molar-refractivity contribution in [3.05, 3.63) is 24.5 Å². The maximum atomic E-state index is 6.04. The summed E-state index contributed by atoms with van der Waals surface area (Å²) in [7, 11) is 0. The molecule has 0 bridgehead atoms. The topological polar surface area (TPSA) is 25.4 Å². The van der Waals surface area contributed by atoms with Gasteiger partial charge in [-0.1, -0.05) is 6.42 Å². The number of likely N-dealkylation sites (tertiary alicyclic amines) is 1. The predicted octanol–water partition coefficient (Wildman–Crippen LogP) is 2.57. The van der Waals surface area contributed by atoms with Crippen molar-refractivity contribution in [2.75, 3.05) is 18.8 Å². The van der Waals surface area contributed by atoms with Gasteiger partial charge in [0.1, 0.15) is 11.9 Å². The van der Waals surface area contributed by atoms with E-state index in [1.54, 1.807) is 6.20 Å². The second-order valence-electron chi connectivity index (χ2n) is 6.12. The first-order valence-electron chi connectivity index (χ1n) is 7.28. The second kappa shape index (κ2) is 4.67. The highest BCUT2D eigenvalue weighted by atomic mass is 32.2. The molecule has 1 saturated carbocycles. The van der Waals surface area contributed by atoms with E-state index in [0.717, 1.165) is 17.5 Å². The molecule has 3 fully saturated rings. The molecular formula is C15H20N2OS. The number of rotatable bonds is 3. The van der Waals surface area contributed by atoms with Gasteiger partial charge in [-0.25, -0.2) is 0 Å². The van der Waals surface area contributed by atoms with Crippen molar-refractivity contribution < 1.29 is 4.74 Å². The maximum absolute atomic E-state index is 6.04. The molecule has 4 heteroatoms. The van der Waals surface area contributed by atoms with Crippen molar-refractivity contribution in [3.63, 3.8) is 0 Å². The Hall–Kier alpha value is -0.740. The molecular weight excluding hydrogens is 256 g/mol. The molecule has 2 aliphatic heterocycles. The Labute approximate surface area is 118 Å². The molecule has 1 spiro atoms. The molecule has 3 aliphatic rings. The molecule has 1 atom stereocenters. The molecule has 0 amide bonds. The van der Waals surface area contributed by atoms with E-state index >= 15 is 0 Å². The lowest BCUT2D eigenvalue weighted by Gasteiger charge is -2.53. The van der Waals surface area contributed by atoms with Crippen LogP contribution in [0.3, 0.4) is 0 Å². The van der Waals surface area contributed by atoms with Gasteiger partial charge in [0.05, 0.1) is 6.20 Å². The van der Waals surface area contributed by atoms with Gasteiger partial charge in [0.2, 0.25) is 0 Å². The van der Waals surface area contributed by atoms with E-state index in [2.05, 4.69) is 21.6 Å². The molecule has 102 valence electrons. The van der Waals surface area contributed by atoms with Crippen molar-refractivity contribution in [1.82, 2.24) is 9.88 Å². The summed E-state index contributed by atoms with van der Waals surface area (Å²) >= 11 is 2.13. The molecule has 19 heavy (non-hydrogen) atoms. The van der Waals surface area contributed by atoms with Gasteiger partial charge in [0.25, 0.3) is 0 Å². The van der Waals surface area contributed by atoms with Crippen LogP contribution >= 0.6 is 11.8 Å². The number of ether oxygens (including phenoxy) is 1. The number of aromatic nitrogens is 1. The van der Waals surface area contributed by atoms with Crippen LogP contribution in [0.4, 0.5) is 0 Å². The number of hydrogen-bond acceptors (Lipinski definition) is 4. The van der Waals surface area contributed by atoms with E-state index in [1.165, 1.54) is 38.8 Å². The Kier molecular flexibility index (Phi) is 2.96. The second-order valence-corrected chi connectivity index (χ2v) is 7.60. The van der Waals surface area contributed by atoms with Crippen LogP contribution in [0, 0.1) is 0 Å². The lowest BCUT2D eigenvalue weighted by Crippen LogP contribution is -2.63. The average molecular weight is 276 g/mol. The fourth-order valence-electron chi connectivity index (χ4n) is 3.41. The Balaban J connectivity index is 1.31. The zero-order valence-corrected chi connectivity index (χ0v) is 11.9. The zero-order valence-electron chi connectivity index (χ0n) is 11.1. The molecule has 0 aromatic carbocycles. The van der Waals surface area contributed by atoms with Gasteiger partial charge in [0, 0.05) is 42.2 Å². The fourth-order valence-corrected chi connectivity index (χ4v) is 4.96. The van der Waals surface area contributed by atoms with E-state index in [0.29, 0.717) is 10.9 Å². The monoisotopic (exact) mass is 276 g/mol. The van der Waals surface area contributed by atoms with Crippen LogP contribution in [0.5, 0.6) is 5.75 Å². The Morgan fingerprint density at radius 3 is 2.95 bits per heavy atom. The Bertz CT molecular complexity index is 443. The van der Waals surface area contributed by atoms with Crippen LogP contribution in [0.25, 0.3) is 0 Å². The molecule has 2 saturated heterocycles. The Morgan fingerprint density at radius 1 is 1.37 bits per heavy atom. The molecule has 1 aromatic heterocycles. The van der Waals surface area contributed by atoms with Crippen LogP contribution in [-0.2, 0) is 0 Å². The Morgan fingerprint density at radius 2 is 2.26 bits per heavy atom. The lowest BCUT2D eigenvalue weighted by molar-refractivity contribution is 0.0244. The van der Waals surface area contributed by atoms with E-state index in [-0.39, 0.29) is 0 Å². The third kappa shape index (κ3) is 2.25. The zero-order chi connectivity index (χ0) is 12.7. The molecule has 0 N–H and O–H groups in total. The van der Waals surface area contributed by atoms with E-state index < -0.39 is 0 Å². The number of nitrogens with zero attached hydrogens (tertiary/aromatic N) is 2. The number of hydrogen-bond donors (Lipinski definition) is 0. The average Bonchev–Trinajstić information content (AvgIpc) is 2.72. The van der Waals surface area contributed by atoms with E-state index in [1.807, 2.05) is 18.3 Å². The summed E-state index contributed by atoms with van der Waals surface area (Å²) < 4.78 is 6.54. The van der Waals surface area contributed by atoms with E-state index in [4.69, 9.17) is 4.74 Å². The van der Waals surface area contributed by atoms with Crippen molar-refractivity contribution in [3.8, 4) is 5.75 Å². The predicted molar refractivity (Wildman–Crippen MR) is 77.7 cm³/mol. The molecule has 3 nitrogen and oxygen atoms in total. The summed E-state index contributed by atoms with van der Waals surface area (Å²) in [5.41, 5.74) is 0. The SMILES string of the molecule is c1cncc(O[C@@H]2CSC3(C2)CN(C2CCC2)C3)c1. The quantitative estimate of drug-likeness (QED) is 0.847. The van der Waals surface area contributed by atoms with Crippen molar-refractivity contribution in [1.29, 1.82) is 0 Å². The first-order chi connectivity index (χ1) is 9.33. The normalized spacial score (nSPS) is 30.0. The third-order valence-corrected chi connectivity index (χ3v) is 6.26. The largest absolute Gasteiger partial charge is 0.488 e. The van der Waals surface area contributed by atoms with Gasteiger partial charge in [-0.05, 0) is 25.0 Å². The summed E-state index contributed by atoms with van der Waals surface area (Å²) in [6, 6.07) is 4.85. The van der Waals surface area contributed by atoms with Gasteiger partial charge in [-0.3, -0.25) is 9.88 Å². The third-order valence-electron chi connectivity index (χ3n) is 4.69. The van der Waals surface area contributed by atoms with Gasteiger partial charge in [-0.15, -0.1) is 11.8 Å². The van der Waals surface area contributed by atoms with Crippen LogP contribution < -0.4 is 4.74 Å². The molecule has 4 rings (SSSR count).